The molecule has 2 aromatic rings. The van der Waals surface area contributed by atoms with Gasteiger partial charge in [0, 0.05) is 11.3 Å². The van der Waals surface area contributed by atoms with Gasteiger partial charge in [-0.2, -0.15) is 0 Å². The zero-order valence-corrected chi connectivity index (χ0v) is 22.6. The van der Waals surface area contributed by atoms with Crippen molar-refractivity contribution in [3.05, 3.63) is 65.2 Å². The Balaban J connectivity index is 1.64. The molecule has 0 saturated heterocycles. The Hall–Kier alpha value is -2.75. The number of para-hydroxylation sites is 1. The second-order valence-electron chi connectivity index (χ2n) is 11.8. The molecule has 2 aromatic carbocycles. The fourth-order valence-electron chi connectivity index (χ4n) is 5.78. The highest BCUT2D eigenvalue weighted by Crippen LogP contribution is 2.55. The molecule has 1 unspecified atom stereocenters. The van der Waals surface area contributed by atoms with Crippen LogP contribution in [0.4, 0.5) is 5.69 Å². The summed E-state index contributed by atoms with van der Waals surface area (Å²) >= 11 is 0. The van der Waals surface area contributed by atoms with Gasteiger partial charge in [0.1, 0.15) is 12.4 Å². The lowest BCUT2D eigenvalue weighted by molar-refractivity contribution is -0.158. The molecule has 2 aliphatic heterocycles. The van der Waals surface area contributed by atoms with Crippen molar-refractivity contribution in [2.24, 2.45) is 17.3 Å². The van der Waals surface area contributed by atoms with Gasteiger partial charge < -0.3 is 14.4 Å². The molecule has 0 amide bonds. The summed E-state index contributed by atoms with van der Waals surface area (Å²) in [6.45, 7) is 18.1. The van der Waals surface area contributed by atoms with E-state index < -0.39 is 11.1 Å². The van der Waals surface area contributed by atoms with Crippen molar-refractivity contribution in [2.75, 3.05) is 18.1 Å². The van der Waals surface area contributed by atoms with E-state index in [0.717, 1.165) is 23.4 Å². The van der Waals surface area contributed by atoms with E-state index in [-0.39, 0.29) is 17.3 Å². The molecule has 0 radical (unpaired) electrons. The van der Waals surface area contributed by atoms with E-state index in [4.69, 9.17) is 9.47 Å². The van der Waals surface area contributed by atoms with Crippen molar-refractivity contribution in [3.8, 4) is 5.75 Å². The van der Waals surface area contributed by atoms with Gasteiger partial charge in [-0.3, -0.25) is 4.79 Å². The summed E-state index contributed by atoms with van der Waals surface area (Å²) < 4.78 is 12.8. The lowest BCUT2D eigenvalue weighted by Gasteiger charge is -2.47. The molecule has 2 atom stereocenters. The van der Waals surface area contributed by atoms with E-state index in [1.165, 1.54) is 11.1 Å². The molecule has 2 heterocycles. The van der Waals surface area contributed by atoms with E-state index in [2.05, 4.69) is 89.8 Å². The Kier molecular flexibility index (Phi) is 6.54. The Morgan fingerprint density at radius 1 is 1.11 bits per heavy atom. The SMILES string of the molecule is Cc1ccc2c(c1)C(C)(C)[C@]1(C=Cc3ccccc3O1)N2CCOC(=O)C(C)(CC(C)C)C(C)C. The van der Waals surface area contributed by atoms with Gasteiger partial charge in [-0.05, 0) is 75.8 Å². The minimum Gasteiger partial charge on any atom is -0.463 e. The largest absolute Gasteiger partial charge is 0.463 e. The maximum absolute atomic E-state index is 13.3. The van der Waals surface area contributed by atoms with Gasteiger partial charge in [0.15, 0.2) is 0 Å². The van der Waals surface area contributed by atoms with Gasteiger partial charge in [0.2, 0.25) is 5.72 Å². The van der Waals surface area contributed by atoms with Crippen molar-refractivity contribution in [3.63, 3.8) is 0 Å². The summed E-state index contributed by atoms with van der Waals surface area (Å²) in [5.41, 5.74) is 3.17. The van der Waals surface area contributed by atoms with Crippen LogP contribution in [0.1, 0.15) is 71.6 Å². The minimum absolute atomic E-state index is 0.108. The third-order valence-electron chi connectivity index (χ3n) is 8.21. The molecule has 0 fully saturated rings. The summed E-state index contributed by atoms with van der Waals surface area (Å²) in [6.07, 6.45) is 5.16. The van der Waals surface area contributed by atoms with Crippen LogP contribution < -0.4 is 9.64 Å². The Morgan fingerprint density at radius 2 is 1.83 bits per heavy atom. The van der Waals surface area contributed by atoms with Gasteiger partial charge in [-0.1, -0.05) is 63.6 Å². The van der Waals surface area contributed by atoms with Crippen LogP contribution >= 0.6 is 0 Å². The van der Waals surface area contributed by atoms with Crippen LogP contribution in [0.2, 0.25) is 0 Å². The molecule has 4 heteroatoms. The molecular weight excluding hydrogens is 434 g/mol. The molecule has 35 heavy (non-hydrogen) atoms. The van der Waals surface area contributed by atoms with E-state index in [0.29, 0.717) is 19.1 Å². The van der Waals surface area contributed by atoms with Gasteiger partial charge in [-0.15, -0.1) is 0 Å². The smallest absolute Gasteiger partial charge is 0.312 e. The first-order valence-corrected chi connectivity index (χ1v) is 13.0. The molecule has 0 aliphatic carbocycles. The zero-order chi connectivity index (χ0) is 25.6. The Bertz CT molecular complexity index is 1130. The van der Waals surface area contributed by atoms with Crippen LogP contribution in [0.25, 0.3) is 6.08 Å². The highest BCUT2D eigenvalue weighted by atomic mass is 16.5. The first kappa shape index (κ1) is 25.3. The van der Waals surface area contributed by atoms with E-state index in [1.54, 1.807) is 0 Å². The number of nitrogens with zero attached hydrogens (tertiary/aromatic N) is 1. The number of hydrogen-bond acceptors (Lipinski definition) is 4. The Morgan fingerprint density at radius 3 is 2.51 bits per heavy atom. The van der Waals surface area contributed by atoms with Crippen LogP contribution in [-0.2, 0) is 14.9 Å². The maximum atomic E-state index is 13.3. The number of rotatable bonds is 7. The molecule has 1 spiro atoms. The second kappa shape index (κ2) is 9.04. The van der Waals surface area contributed by atoms with Crippen LogP contribution in [-0.4, -0.2) is 24.8 Å². The van der Waals surface area contributed by atoms with Crippen molar-refractivity contribution in [2.45, 2.75) is 73.0 Å². The lowest BCUT2D eigenvalue weighted by atomic mass is 9.73. The zero-order valence-electron chi connectivity index (χ0n) is 22.6. The predicted octanol–water partition coefficient (Wildman–Crippen LogP) is 7.15. The van der Waals surface area contributed by atoms with Crippen LogP contribution in [0.3, 0.4) is 0 Å². The number of carbonyl (C=O) groups is 1. The molecule has 0 aromatic heterocycles. The molecule has 2 aliphatic rings. The topological polar surface area (TPSA) is 38.8 Å². The van der Waals surface area contributed by atoms with Crippen LogP contribution in [0, 0.1) is 24.2 Å². The number of ether oxygens (including phenoxy) is 2. The number of benzene rings is 2. The highest BCUT2D eigenvalue weighted by Gasteiger charge is 2.58. The fourth-order valence-corrected chi connectivity index (χ4v) is 5.78. The molecule has 0 saturated carbocycles. The van der Waals surface area contributed by atoms with Gasteiger partial charge in [0.25, 0.3) is 0 Å². The summed E-state index contributed by atoms with van der Waals surface area (Å²) in [4.78, 5) is 15.6. The van der Waals surface area contributed by atoms with E-state index in [1.807, 2.05) is 25.1 Å². The summed E-state index contributed by atoms with van der Waals surface area (Å²) in [6, 6.07) is 14.7. The molecule has 0 bridgehead atoms. The molecule has 4 nitrogen and oxygen atoms in total. The standard InChI is InChI=1S/C31H41NO3/c1-21(2)20-30(8,22(3)4)28(33)34-18-17-32-26-14-13-23(5)19-25(26)29(6,7)31(32)16-15-24-11-9-10-12-27(24)35-31/h9-16,19,21-22H,17-18,20H2,1-8H3/t30?,31-/m1/s1. The monoisotopic (exact) mass is 475 g/mol. The number of esters is 1. The summed E-state index contributed by atoms with van der Waals surface area (Å²) in [5, 5.41) is 0. The number of aryl methyl sites for hydroxylation is 1. The fraction of sp³-hybridized carbons (Fsp3) is 0.516. The molecule has 0 N–H and O–H groups in total. The van der Waals surface area contributed by atoms with Gasteiger partial charge in [-0.25, -0.2) is 0 Å². The molecule has 188 valence electrons. The van der Waals surface area contributed by atoms with E-state index in [9.17, 15) is 4.79 Å². The van der Waals surface area contributed by atoms with Crippen molar-refractivity contribution in [1.82, 2.24) is 0 Å². The highest BCUT2D eigenvalue weighted by molar-refractivity contribution is 5.77. The quantitative estimate of drug-likeness (QED) is 0.399. The van der Waals surface area contributed by atoms with Crippen molar-refractivity contribution < 1.29 is 14.3 Å². The number of hydrogen-bond donors (Lipinski definition) is 0. The number of carbonyl (C=O) groups excluding carboxylic acids is 1. The Labute approximate surface area is 211 Å². The second-order valence-corrected chi connectivity index (χ2v) is 11.8. The summed E-state index contributed by atoms with van der Waals surface area (Å²) in [7, 11) is 0. The first-order chi connectivity index (χ1) is 16.4. The van der Waals surface area contributed by atoms with Crippen LogP contribution in [0.5, 0.6) is 5.75 Å². The van der Waals surface area contributed by atoms with Crippen molar-refractivity contribution >= 4 is 17.7 Å². The maximum Gasteiger partial charge on any atom is 0.312 e. The average molecular weight is 476 g/mol. The third-order valence-corrected chi connectivity index (χ3v) is 8.21. The predicted molar refractivity (Wildman–Crippen MR) is 144 cm³/mol. The van der Waals surface area contributed by atoms with E-state index >= 15 is 0 Å². The summed E-state index contributed by atoms with van der Waals surface area (Å²) in [5.74, 6) is 1.40. The van der Waals surface area contributed by atoms with Gasteiger partial charge in [0.05, 0.1) is 17.4 Å². The van der Waals surface area contributed by atoms with Gasteiger partial charge >= 0.3 is 5.97 Å². The van der Waals surface area contributed by atoms with Crippen molar-refractivity contribution in [1.29, 1.82) is 0 Å². The number of fused-ring (bicyclic) bond motifs is 2. The number of anilines is 1. The first-order valence-electron chi connectivity index (χ1n) is 13.0. The normalized spacial score (nSPS) is 21.6. The average Bonchev–Trinajstić information content (AvgIpc) is 2.96. The minimum atomic E-state index is -0.705. The molecule has 4 rings (SSSR count). The lowest BCUT2D eigenvalue weighted by Crippen LogP contribution is -2.60. The van der Waals surface area contributed by atoms with Crippen LogP contribution in [0.15, 0.2) is 48.5 Å². The molecular formula is C31H41NO3. The third kappa shape index (κ3) is 4.15.